The van der Waals surface area contributed by atoms with Crippen LogP contribution in [-0.4, -0.2) is 15.0 Å². The topological polar surface area (TPSA) is 43.0 Å². The van der Waals surface area contributed by atoms with Crippen molar-refractivity contribution >= 4 is 27.2 Å². The highest BCUT2D eigenvalue weighted by molar-refractivity contribution is 6.04. The lowest BCUT2D eigenvalue weighted by Crippen LogP contribution is -1.96. The van der Waals surface area contributed by atoms with Crippen molar-refractivity contribution in [2.45, 2.75) is 0 Å². The van der Waals surface area contributed by atoms with Crippen LogP contribution in [0.4, 0.5) is 5.69 Å². The minimum Gasteiger partial charge on any atom is -0.255 e. The van der Waals surface area contributed by atoms with Crippen molar-refractivity contribution in [3.05, 3.63) is 169 Å². The number of nitrogens with zero attached hydrogens (tertiary/aromatic N) is 4. The minimum atomic E-state index is 0.623. The molecule has 0 atom stereocenters. The molecular formula is C42H26N4. The van der Waals surface area contributed by atoms with Crippen molar-refractivity contribution in [3.8, 4) is 56.2 Å². The van der Waals surface area contributed by atoms with Gasteiger partial charge in [-0.3, -0.25) is 9.97 Å². The highest BCUT2D eigenvalue weighted by Crippen LogP contribution is 2.43. The Morgan fingerprint density at radius 1 is 0.391 bits per heavy atom. The first kappa shape index (κ1) is 27.1. The smallest absolute Gasteiger partial charge is 0.187 e. The zero-order valence-electron chi connectivity index (χ0n) is 24.8. The molecule has 0 fully saturated rings. The number of fused-ring (bicyclic) bond motifs is 2. The van der Waals surface area contributed by atoms with E-state index in [0.717, 1.165) is 77.7 Å². The van der Waals surface area contributed by atoms with Gasteiger partial charge in [-0.25, -0.2) is 9.83 Å². The summed E-state index contributed by atoms with van der Waals surface area (Å²) >= 11 is 0. The SMILES string of the molecule is [C-]#[N+]c1ccc(-c2cc3ccccc3cc2-c2cc3ccccc3cc2-c2cc(-c3ccccn3)nc(-c3ccccn3)c2)cc1. The fourth-order valence-corrected chi connectivity index (χ4v) is 6.10. The normalized spacial score (nSPS) is 11.0. The Morgan fingerprint density at radius 3 is 1.26 bits per heavy atom. The third-order valence-corrected chi connectivity index (χ3v) is 8.36. The Hall–Kier alpha value is -6.44. The van der Waals surface area contributed by atoms with Gasteiger partial charge in [0.2, 0.25) is 0 Å². The molecule has 0 saturated heterocycles. The molecule has 0 bridgehead atoms. The molecule has 4 nitrogen and oxygen atoms in total. The molecule has 4 heteroatoms. The molecule has 214 valence electrons. The van der Waals surface area contributed by atoms with Crippen LogP contribution in [0, 0.1) is 6.57 Å². The van der Waals surface area contributed by atoms with Crippen molar-refractivity contribution in [1.82, 2.24) is 15.0 Å². The van der Waals surface area contributed by atoms with E-state index in [0.29, 0.717) is 5.69 Å². The van der Waals surface area contributed by atoms with Gasteiger partial charge in [-0.2, -0.15) is 0 Å². The first-order chi connectivity index (χ1) is 22.7. The standard InChI is InChI=1S/C42H26N4/c1-43-34-18-16-28(17-19-34)35-22-29-10-2-4-12-31(29)24-37(35)38-25-32-13-5-3-11-30(32)23-36(38)33-26-41(39-14-6-8-20-44-39)46-42(27-33)40-15-7-9-21-45-40/h2-27H. The molecule has 3 aromatic heterocycles. The number of rotatable bonds is 5. The van der Waals surface area contributed by atoms with Crippen LogP contribution in [0.3, 0.4) is 0 Å². The lowest BCUT2D eigenvalue weighted by atomic mass is 9.86. The van der Waals surface area contributed by atoms with Crippen LogP contribution >= 0.6 is 0 Å². The second-order valence-corrected chi connectivity index (χ2v) is 11.2. The largest absolute Gasteiger partial charge is 0.255 e. The molecule has 8 rings (SSSR count). The van der Waals surface area contributed by atoms with Gasteiger partial charge in [0.05, 0.1) is 29.3 Å². The molecule has 0 saturated carbocycles. The second kappa shape index (κ2) is 11.6. The van der Waals surface area contributed by atoms with E-state index in [1.165, 1.54) is 0 Å². The third-order valence-electron chi connectivity index (χ3n) is 8.36. The molecule has 3 heterocycles. The maximum Gasteiger partial charge on any atom is 0.187 e. The molecule has 0 radical (unpaired) electrons. The number of aromatic nitrogens is 3. The summed E-state index contributed by atoms with van der Waals surface area (Å²) in [5.74, 6) is 0. The van der Waals surface area contributed by atoms with Gasteiger partial charge in [-0.15, -0.1) is 0 Å². The molecule has 0 aliphatic heterocycles. The fourth-order valence-electron chi connectivity index (χ4n) is 6.10. The summed E-state index contributed by atoms with van der Waals surface area (Å²) in [6.07, 6.45) is 3.60. The van der Waals surface area contributed by atoms with Crippen LogP contribution in [0.15, 0.2) is 158 Å². The Kier molecular flexibility index (Phi) is 6.83. The molecule has 46 heavy (non-hydrogen) atoms. The molecule has 5 aromatic carbocycles. The molecule has 0 amide bonds. The van der Waals surface area contributed by atoms with Gasteiger partial charge in [0.25, 0.3) is 0 Å². The summed E-state index contributed by atoms with van der Waals surface area (Å²) in [5, 5.41) is 4.64. The summed E-state index contributed by atoms with van der Waals surface area (Å²) in [7, 11) is 0. The van der Waals surface area contributed by atoms with Crippen LogP contribution in [0.25, 0.3) is 82.5 Å². The summed E-state index contributed by atoms with van der Waals surface area (Å²) in [6.45, 7) is 7.47. The Labute approximate surface area is 267 Å². The fraction of sp³-hybridized carbons (Fsp3) is 0. The molecule has 8 aromatic rings. The summed E-state index contributed by atoms with van der Waals surface area (Å²) in [4.78, 5) is 18.0. The zero-order chi connectivity index (χ0) is 30.9. The predicted molar refractivity (Wildman–Crippen MR) is 188 cm³/mol. The van der Waals surface area contributed by atoms with Crippen molar-refractivity contribution in [2.75, 3.05) is 0 Å². The van der Waals surface area contributed by atoms with E-state index in [1.54, 1.807) is 12.4 Å². The predicted octanol–water partition coefficient (Wildman–Crippen LogP) is 11.1. The monoisotopic (exact) mass is 586 g/mol. The van der Waals surface area contributed by atoms with E-state index < -0.39 is 0 Å². The van der Waals surface area contributed by atoms with Gasteiger partial charge < -0.3 is 0 Å². The molecular weight excluding hydrogens is 560 g/mol. The quantitative estimate of drug-likeness (QED) is 0.188. The molecule has 0 aliphatic carbocycles. The Balaban J connectivity index is 1.45. The van der Waals surface area contributed by atoms with E-state index in [1.807, 2.05) is 60.7 Å². The molecule has 0 spiro atoms. The van der Waals surface area contributed by atoms with Gasteiger partial charge in [0.1, 0.15) is 0 Å². The van der Waals surface area contributed by atoms with Gasteiger partial charge in [-0.1, -0.05) is 84.9 Å². The highest BCUT2D eigenvalue weighted by atomic mass is 14.8. The number of pyridine rings is 3. The summed E-state index contributed by atoms with van der Waals surface area (Å²) in [6, 6.07) is 50.0. The number of benzene rings is 5. The van der Waals surface area contributed by atoms with Crippen molar-refractivity contribution in [2.24, 2.45) is 0 Å². The van der Waals surface area contributed by atoms with E-state index in [-0.39, 0.29) is 0 Å². The van der Waals surface area contributed by atoms with Crippen LogP contribution in [0.5, 0.6) is 0 Å². The molecule has 0 aliphatic rings. The van der Waals surface area contributed by atoms with E-state index in [9.17, 15) is 0 Å². The van der Waals surface area contributed by atoms with Gasteiger partial charge in [0.15, 0.2) is 5.69 Å². The van der Waals surface area contributed by atoms with Crippen LogP contribution < -0.4 is 0 Å². The van der Waals surface area contributed by atoms with Gasteiger partial charge in [0, 0.05) is 12.4 Å². The molecule has 0 unspecified atom stereocenters. The Bertz CT molecular complexity index is 2350. The maximum atomic E-state index is 7.47. The zero-order valence-corrected chi connectivity index (χ0v) is 24.8. The van der Waals surface area contributed by atoms with Crippen LogP contribution in [0.2, 0.25) is 0 Å². The van der Waals surface area contributed by atoms with E-state index >= 15 is 0 Å². The maximum absolute atomic E-state index is 7.47. The van der Waals surface area contributed by atoms with Crippen molar-refractivity contribution in [1.29, 1.82) is 0 Å². The number of hydrogen-bond donors (Lipinski definition) is 0. The second-order valence-electron chi connectivity index (χ2n) is 11.2. The summed E-state index contributed by atoms with van der Waals surface area (Å²) in [5.41, 5.74) is 10.3. The van der Waals surface area contributed by atoms with Crippen molar-refractivity contribution < 1.29 is 0 Å². The summed E-state index contributed by atoms with van der Waals surface area (Å²) < 4.78 is 0. The first-order valence-electron chi connectivity index (χ1n) is 15.1. The van der Waals surface area contributed by atoms with Crippen molar-refractivity contribution in [3.63, 3.8) is 0 Å². The van der Waals surface area contributed by atoms with E-state index in [2.05, 4.69) is 99.7 Å². The average Bonchev–Trinajstić information content (AvgIpc) is 3.14. The van der Waals surface area contributed by atoms with Crippen LogP contribution in [0.1, 0.15) is 0 Å². The lowest BCUT2D eigenvalue weighted by Gasteiger charge is -2.19. The molecule has 0 N–H and O–H groups in total. The van der Waals surface area contributed by atoms with Gasteiger partial charge in [-0.05, 0) is 116 Å². The van der Waals surface area contributed by atoms with Gasteiger partial charge >= 0.3 is 0 Å². The third kappa shape index (κ3) is 5.06. The average molecular weight is 587 g/mol. The number of hydrogen-bond acceptors (Lipinski definition) is 3. The Morgan fingerprint density at radius 2 is 0.826 bits per heavy atom. The van der Waals surface area contributed by atoms with E-state index in [4.69, 9.17) is 11.6 Å². The minimum absolute atomic E-state index is 0.623. The lowest BCUT2D eigenvalue weighted by molar-refractivity contribution is 1.22. The highest BCUT2D eigenvalue weighted by Gasteiger charge is 2.18. The van der Waals surface area contributed by atoms with Crippen LogP contribution in [-0.2, 0) is 0 Å². The first-order valence-corrected chi connectivity index (χ1v) is 15.1.